The van der Waals surface area contributed by atoms with Crippen LogP contribution in [0.15, 0.2) is 60.7 Å². The molecule has 1 aliphatic carbocycles. The van der Waals surface area contributed by atoms with E-state index in [-0.39, 0.29) is 6.10 Å². The smallest absolute Gasteiger partial charge is 0.0546 e. The number of benzene rings is 2. The van der Waals surface area contributed by atoms with Crippen molar-refractivity contribution in [2.75, 3.05) is 13.1 Å². The zero-order valence-corrected chi connectivity index (χ0v) is 12.3. The number of rotatable bonds is 6. The monoisotopic (exact) mass is 281 g/mol. The minimum Gasteiger partial charge on any atom is -0.393 e. The molecule has 0 bridgehead atoms. The highest BCUT2D eigenvalue weighted by molar-refractivity contribution is 5.32. The van der Waals surface area contributed by atoms with Gasteiger partial charge in [0.05, 0.1) is 6.10 Å². The first kappa shape index (κ1) is 14.3. The molecule has 1 fully saturated rings. The van der Waals surface area contributed by atoms with Crippen LogP contribution >= 0.6 is 0 Å². The van der Waals surface area contributed by atoms with Gasteiger partial charge in [-0.3, -0.25) is 0 Å². The van der Waals surface area contributed by atoms with Crippen molar-refractivity contribution in [3.8, 4) is 0 Å². The molecule has 1 aliphatic rings. The van der Waals surface area contributed by atoms with Crippen molar-refractivity contribution in [3.63, 3.8) is 0 Å². The van der Waals surface area contributed by atoms with Gasteiger partial charge in [-0.15, -0.1) is 0 Å². The quantitative estimate of drug-likeness (QED) is 0.852. The number of hydrogen-bond donors (Lipinski definition) is 2. The van der Waals surface area contributed by atoms with Crippen LogP contribution in [0.4, 0.5) is 0 Å². The summed E-state index contributed by atoms with van der Waals surface area (Å²) in [5, 5.41) is 12.9. The van der Waals surface area contributed by atoms with E-state index in [2.05, 4.69) is 66.0 Å². The Hall–Kier alpha value is -1.64. The summed E-state index contributed by atoms with van der Waals surface area (Å²) >= 11 is 0. The highest BCUT2D eigenvalue weighted by Crippen LogP contribution is 2.27. The molecule has 0 unspecified atom stereocenters. The van der Waals surface area contributed by atoms with E-state index < -0.39 is 0 Å². The van der Waals surface area contributed by atoms with Gasteiger partial charge in [0.25, 0.3) is 0 Å². The SMILES string of the molecule is OC1CC(CNCC(c2ccccc2)c2ccccc2)C1. The third-order valence-corrected chi connectivity index (χ3v) is 4.40. The van der Waals surface area contributed by atoms with Crippen LogP contribution in [0.3, 0.4) is 0 Å². The third kappa shape index (κ3) is 3.72. The van der Waals surface area contributed by atoms with E-state index in [4.69, 9.17) is 0 Å². The van der Waals surface area contributed by atoms with Crippen LogP contribution in [0.2, 0.25) is 0 Å². The van der Waals surface area contributed by atoms with Crippen LogP contribution in [0.5, 0.6) is 0 Å². The largest absolute Gasteiger partial charge is 0.393 e. The summed E-state index contributed by atoms with van der Waals surface area (Å²) < 4.78 is 0. The average molecular weight is 281 g/mol. The molecule has 2 N–H and O–H groups in total. The lowest BCUT2D eigenvalue weighted by Crippen LogP contribution is -2.37. The van der Waals surface area contributed by atoms with Gasteiger partial charge in [0.1, 0.15) is 0 Å². The molecule has 0 atom stereocenters. The summed E-state index contributed by atoms with van der Waals surface area (Å²) in [5.74, 6) is 1.03. The minimum absolute atomic E-state index is 0.0594. The summed E-state index contributed by atoms with van der Waals surface area (Å²) in [6.45, 7) is 1.95. The van der Waals surface area contributed by atoms with E-state index in [0.717, 1.165) is 25.9 Å². The van der Waals surface area contributed by atoms with Crippen LogP contribution in [-0.4, -0.2) is 24.3 Å². The van der Waals surface area contributed by atoms with Crippen molar-refractivity contribution >= 4 is 0 Å². The van der Waals surface area contributed by atoms with E-state index in [1.54, 1.807) is 0 Å². The van der Waals surface area contributed by atoms with Crippen molar-refractivity contribution in [2.24, 2.45) is 5.92 Å². The van der Waals surface area contributed by atoms with E-state index in [1.807, 2.05) is 0 Å². The van der Waals surface area contributed by atoms with Gasteiger partial charge in [0, 0.05) is 12.5 Å². The maximum Gasteiger partial charge on any atom is 0.0546 e. The molecule has 0 amide bonds. The Labute approximate surface area is 126 Å². The van der Waals surface area contributed by atoms with Crippen LogP contribution < -0.4 is 5.32 Å². The van der Waals surface area contributed by atoms with Gasteiger partial charge in [0.15, 0.2) is 0 Å². The standard InChI is InChI=1S/C19H23NO/c21-18-11-15(12-18)13-20-14-19(16-7-3-1-4-8-16)17-9-5-2-6-10-17/h1-10,15,18-21H,11-14H2. The Balaban J connectivity index is 1.65. The van der Waals surface area contributed by atoms with Crippen LogP contribution in [0.25, 0.3) is 0 Å². The first-order valence-corrected chi connectivity index (χ1v) is 7.81. The lowest BCUT2D eigenvalue weighted by molar-refractivity contribution is 0.0431. The average Bonchev–Trinajstić information content (AvgIpc) is 2.51. The second kappa shape index (κ2) is 6.88. The molecular formula is C19H23NO. The Morgan fingerprint density at radius 2 is 1.43 bits per heavy atom. The molecule has 0 spiro atoms. The third-order valence-electron chi connectivity index (χ3n) is 4.40. The Morgan fingerprint density at radius 3 is 1.90 bits per heavy atom. The van der Waals surface area contributed by atoms with Crippen molar-refractivity contribution in [1.29, 1.82) is 0 Å². The van der Waals surface area contributed by atoms with Crippen molar-refractivity contribution in [3.05, 3.63) is 71.8 Å². The molecule has 3 rings (SSSR count). The van der Waals surface area contributed by atoms with Gasteiger partial charge in [-0.05, 0) is 36.4 Å². The Bertz CT molecular complexity index is 495. The second-order valence-electron chi connectivity index (χ2n) is 6.02. The first-order chi connectivity index (χ1) is 10.3. The van der Waals surface area contributed by atoms with Gasteiger partial charge in [-0.2, -0.15) is 0 Å². The Kier molecular flexibility index (Phi) is 4.69. The van der Waals surface area contributed by atoms with Crippen molar-refractivity contribution in [1.82, 2.24) is 5.32 Å². The topological polar surface area (TPSA) is 32.3 Å². The van der Waals surface area contributed by atoms with E-state index in [9.17, 15) is 5.11 Å². The van der Waals surface area contributed by atoms with Gasteiger partial charge in [0.2, 0.25) is 0 Å². The van der Waals surface area contributed by atoms with Gasteiger partial charge < -0.3 is 10.4 Å². The fourth-order valence-corrected chi connectivity index (χ4v) is 3.10. The lowest BCUT2D eigenvalue weighted by Gasteiger charge is -2.32. The normalized spacial score (nSPS) is 21.2. The lowest BCUT2D eigenvalue weighted by atomic mass is 9.82. The maximum atomic E-state index is 9.36. The molecule has 2 heteroatoms. The molecule has 0 radical (unpaired) electrons. The zero-order chi connectivity index (χ0) is 14.5. The molecule has 2 aromatic rings. The van der Waals surface area contributed by atoms with Crippen LogP contribution in [-0.2, 0) is 0 Å². The molecule has 0 heterocycles. The van der Waals surface area contributed by atoms with Crippen LogP contribution in [0.1, 0.15) is 29.9 Å². The zero-order valence-electron chi connectivity index (χ0n) is 12.3. The predicted octanol–water partition coefficient (Wildman–Crippen LogP) is 3.18. The first-order valence-electron chi connectivity index (χ1n) is 7.81. The highest BCUT2D eigenvalue weighted by Gasteiger charge is 2.26. The summed E-state index contributed by atoms with van der Waals surface area (Å²) in [6.07, 6.45) is 1.85. The summed E-state index contributed by atoms with van der Waals surface area (Å²) in [6, 6.07) is 21.4. The van der Waals surface area contributed by atoms with Crippen molar-refractivity contribution < 1.29 is 5.11 Å². The molecule has 1 saturated carbocycles. The molecule has 21 heavy (non-hydrogen) atoms. The fraction of sp³-hybridized carbons (Fsp3) is 0.368. The fourth-order valence-electron chi connectivity index (χ4n) is 3.10. The van der Waals surface area contributed by atoms with Crippen LogP contribution in [0, 0.1) is 5.92 Å². The van der Waals surface area contributed by atoms with E-state index >= 15 is 0 Å². The predicted molar refractivity (Wildman–Crippen MR) is 86.3 cm³/mol. The number of nitrogens with one attached hydrogen (secondary N) is 1. The molecule has 0 aliphatic heterocycles. The maximum absolute atomic E-state index is 9.36. The molecule has 0 aromatic heterocycles. The summed E-state index contributed by atoms with van der Waals surface area (Å²) in [5.41, 5.74) is 2.70. The molecule has 110 valence electrons. The van der Waals surface area contributed by atoms with Gasteiger partial charge >= 0.3 is 0 Å². The number of aliphatic hydroxyl groups excluding tert-OH is 1. The molecule has 0 saturated heterocycles. The van der Waals surface area contributed by atoms with Gasteiger partial charge in [-0.1, -0.05) is 60.7 Å². The summed E-state index contributed by atoms with van der Waals surface area (Å²) in [7, 11) is 0. The molecular weight excluding hydrogens is 258 g/mol. The Morgan fingerprint density at radius 1 is 0.905 bits per heavy atom. The number of aliphatic hydroxyl groups is 1. The van der Waals surface area contributed by atoms with Gasteiger partial charge in [-0.25, -0.2) is 0 Å². The molecule has 2 nitrogen and oxygen atoms in total. The van der Waals surface area contributed by atoms with Crippen molar-refractivity contribution in [2.45, 2.75) is 24.9 Å². The second-order valence-corrected chi connectivity index (χ2v) is 6.02. The van der Waals surface area contributed by atoms with E-state index in [1.165, 1.54) is 11.1 Å². The van der Waals surface area contributed by atoms with E-state index in [0.29, 0.717) is 11.8 Å². The number of hydrogen-bond acceptors (Lipinski definition) is 2. The summed E-state index contributed by atoms with van der Waals surface area (Å²) in [4.78, 5) is 0. The minimum atomic E-state index is -0.0594. The molecule has 2 aromatic carbocycles. The highest BCUT2D eigenvalue weighted by atomic mass is 16.3.